The van der Waals surface area contributed by atoms with E-state index in [0.29, 0.717) is 0 Å². The summed E-state index contributed by atoms with van der Waals surface area (Å²) in [5.41, 5.74) is 0. The fourth-order valence-electron chi connectivity index (χ4n) is 0.151. The van der Waals surface area contributed by atoms with Crippen molar-refractivity contribution in [3.05, 3.63) is 12.7 Å². The van der Waals surface area contributed by atoms with Crippen molar-refractivity contribution < 1.29 is 5.11 Å². The summed E-state index contributed by atoms with van der Waals surface area (Å²) in [7, 11) is 1.30. The van der Waals surface area contributed by atoms with Gasteiger partial charge in [0.15, 0.2) is 0 Å². The van der Waals surface area contributed by atoms with Gasteiger partial charge in [-0.1, -0.05) is 16.9 Å². The van der Waals surface area contributed by atoms with E-state index < -0.39 is 0 Å². The smallest absolute Gasteiger partial charge is 0.0593 e. The van der Waals surface area contributed by atoms with Crippen molar-refractivity contribution in [2.24, 2.45) is 0 Å². The maximum absolute atomic E-state index is 8.39. The van der Waals surface area contributed by atoms with E-state index in [-0.39, 0.29) is 11.9 Å². The summed E-state index contributed by atoms with van der Waals surface area (Å²) in [5, 5.41) is 8.47. The van der Waals surface area contributed by atoms with E-state index in [1.165, 1.54) is 10.8 Å². The molecule has 0 spiro atoms. The first-order chi connectivity index (χ1) is 3.35. The van der Waals surface area contributed by atoms with Crippen molar-refractivity contribution in [2.45, 2.75) is 5.25 Å². The standard InChI is InChI=1S/C4H8OS2/c1-2-4(3-5)7-6/h2,4-6H,1,3H2. The topological polar surface area (TPSA) is 20.2 Å². The fraction of sp³-hybridized carbons (Fsp3) is 0.500. The van der Waals surface area contributed by atoms with Crippen LogP contribution in [0.25, 0.3) is 0 Å². The third-order valence-corrected chi connectivity index (χ3v) is 2.00. The van der Waals surface area contributed by atoms with E-state index in [1.807, 2.05) is 0 Å². The lowest BCUT2D eigenvalue weighted by atomic mass is 10.4. The van der Waals surface area contributed by atoms with Crippen LogP contribution >= 0.6 is 22.5 Å². The van der Waals surface area contributed by atoms with Gasteiger partial charge in [0.2, 0.25) is 0 Å². The van der Waals surface area contributed by atoms with Gasteiger partial charge in [-0.3, -0.25) is 0 Å². The van der Waals surface area contributed by atoms with Crippen molar-refractivity contribution in [3.63, 3.8) is 0 Å². The van der Waals surface area contributed by atoms with Gasteiger partial charge in [-0.2, -0.15) is 0 Å². The summed E-state index contributed by atoms with van der Waals surface area (Å²) in [4.78, 5) is 0. The highest BCUT2D eigenvalue weighted by Crippen LogP contribution is 2.13. The van der Waals surface area contributed by atoms with E-state index in [1.54, 1.807) is 6.08 Å². The molecule has 0 rings (SSSR count). The Morgan fingerprint density at radius 2 is 2.57 bits per heavy atom. The molecule has 0 fully saturated rings. The highest BCUT2D eigenvalue weighted by Gasteiger charge is 1.95. The normalized spacial score (nSPS) is 13.4. The lowest BCUT2D eigenvalue weighted by molar-refractivity contribution is 0.307. The SMILES string of the molecule is C=CC(CO)SS. The van der Waals surface area contributed by atoms with Crippen molar-refractivity contribution in [1.82, 2.24) is 0 Å². The summed E-state index contributed by atoms with van der Waals surface area (Å²) >= 11 is 3.86. The van der Waals surface area contributed by atoms with Gasteiger partial charge in [0.05, 0.1) is 11.9 Å². The Morgan fingerprint density at radius 3 is 2.57 bits per heavy atom. The van der Waals surface area contributed by atoms with Crippen LogP contribution in [0.3, 0.4) is 0 Å². The average molecular weight is 136 g/mol. The third-order valence-electron chi connectivity index (χ3n) is 0.578. The Bertz CT molecular complexity index is 51.7. The second-order valence-electron chi connectivity index (χ2n) is 1.06. The Balaban J connectivity index is 3.16. The molecule has 0 aromatic heterocycles. The number of hydrogen-bond acceptors (Lipinski definition) is 3. The van der Waals surface area contributed by atoms with Gasteiger partial charge in [-0.15, -0.1) is 18.2 Å². The van der Waals surface area contributed by atoms with Gasteiger partial charge in [0, 0.05) is 0 Å². The Labute approximate surface area is 52.6 Å². The molecule has 1 atom stereocenters. The van der Waals surface area contributed by atoms with Crippen LogP contribution in [0.4, 0.5) is 0 Å². The Hall–Kier alpha value is 0.400. The highest BCUT2D eigenvalue weighted by molar-refractivity contribution is 8.68. The lowest BCUT2D eigenvalue weighted by Gasteiger charge is -1.99. The number of hydrogen-bond donors (Lipinski definition) is 2. The van der Waals surface area contributed by atoms with Crippen molar-refractivity contribution >= 4 is 22.5 Å². The number of thiol groups is 1. The van der Waals surface area contributed by atoms with Crippen LogP contribution in [-0.4, -0.2) is 17.0 Å². The molecule has 0 aromatic rings. The summed E-state index contributed by atoms with van der Waals surface area (Å²) in [6.07, 6.45) is 1.66. The lowest BCUT2D eigenvalue weighted by Crippen LogP contribution is -2.00. The molecule has 42 valence electrons. The molecule has 7 heavy (non-hydrogen) atoms. The van der Waals surface area contributed by atoms with Crippen molar-refractivity contribution in [3.8, 4) is 0 Å². The van der Waals surface area contributed by atoms with Gasteiger partial charge in [-0.05, 0) is 0 Å². The second-order valence-corrected chi connectivity index (χ2v) is 2.51. The second kappa shape index (κ2) is 4.56. The minimum Gasteiger partial charge on any atom is -0.395 e. The van der Waals surface area contributed by atoms with Gasteiger partial charge in [0.25, 0.3) is 0 Å². The molecule has 3 heteroatoms. The first kappa shape index (κ1) is 7.40. The molecule has 1 nitrogen and oxygen atoms in total. The highest BCUT2D eigenvalue weighted by atomic mass is 33.1. The summed E-state index contributed by atoms with van der Waals surface area (Å²) in [6.45, 7) is 3.60. The van der Waals surface area contributed by atoms with Crippen LogP contribution in [0.5, 0.6) is 0 Å². The number of rotatable bonds is 3. The molecular weight excluding hydrogens is 128 g/mol. The van der Waals surface area contributed by atoms with E-state index in [0.717, 1.165) is 0 Å². The first-order valence-electron chi connectivity index (χ1n) is 1.88. The molecule has 0 aromatic carbocycles. The Morgan fingerprint density at radius 1 is 2.00 bits per heavy atom. The molecule has 0 aliphatic carbocycles. The molecular formula is C4H8OS2. The largest absolute Gasteiger partial charge is 0.395 e. The van der Waals surface area contributed by atoms with E-state index in [2.05, 4.69) is 18.2 Å². The fourth-order valence-corrected chi connectivity index (χ4v) is 0.762. The van der Waals surface area contributed by atoms with Crippen LogP contribution < -0.4 is 0 Å². The molecule has 0 heterocycles. The van der Waals surface area contributed by atoms with Crippen LogP contribution in [0.15, 0.2) is 12.7 Å². The summed E-state index contributed by atoms with van der Waals surface area (Å²) in [6, 6.07) is 0. The summed E-state index contributed by atoms with van der Waals surface area (Å²) in [5.74, 6) is 0. The molecule has 0 amide bonds. The van der Waals surface area contributed by atoms with E-state index in [9.17, 15) is 0 Å². The molecule has 0 aliphatic rings. The molecule has 0 radical (unpaired) electrons. The predicted molar refractivity (Wildman–Crippen MR) is 37.6 cm³/mol. The molecule has 1 unspecified atom stereocenters. The van der Waals surface area contributed by atoms with Gasteiger partial charge >= 0.3 is 0 Å². The minimum absolute atomic E-state index is 0.0864. The van der Waals surface area contributed by atoms with Gasteiger partial charge < -0.3 is 5.11 Å². The zero-order valence-electron chi connectivity index (χ0n) is 3.87. The van der Waals surface area contributed by atoms with Crippen LogP contribution in [-0.2, 0) is 0 Å². The first-order valence-corrected chi connectivity index (χ1v) is 3.82. The summed E-state index contributed by atoms with van der Waals surface area (Å²) < 4.78 is 0. The van der Waals surface area contributed by atoms with Crippen molar-refractivity contribution in [2.75, 3.05) is 6.61 Å². The number of aliphatic hydroxyl groups is 1. The van der Waals surface area contributed by atoms with Crippen LogP contribution in [0, 0.1) is 0 Å². The third kappa shape index (κ3) is 3.02. The maximum atomic E-state index is 8.39. The quantitative estimate of drug-likeness (QED) is 0.344. The van der Waals surface area contributed by atoms with E-state index >= 15 is 0 Å². The molecule has 1 N–H and O–H groups in total. The monoisotopic (exact) mass is 136 g/mol. The zero-order valence-corrected chi connectivity index (χ0v) is 5.58. The molecule has 0 aliphatic heterocycles. The van der Waals surface area contributed by atoms with Crippen LogP contribution in [0.1, 0.15) is 0 Å². The molecule has 0 bridgehead atoms. The molecule has 0 saturated heterocycles. The molecule has 0 saturated carbocycles. The number of aliphatic hydroxyl groups excluding tert-OH is 1. The van der Waals surface area contributed by atoms with Gasteiger partial charge in [-0.25, -0.2) is 0 Å². The maximum Gasteiger partial charge on any atom is 0.0593 e. The average Bonchev–Trinajstić information content (AvgIpc) is 1.72. The van der Waals surface area contributed by atoms with Crippen LogP contribution in [0.2, 0.25) is 0 Å². The minimum atomic E-state index is 0.0864. The van der Waals surface area contributed by atoms with Gasteiger partial charge in [0.1, 0.15) is 0 Å². The zero-order chi connectivity index (χ0) is 5.70. The predicted octanol–water partition coefficient (Wildman–Crippen LogP) is 1.11. The van der Waals surface area contributed by atoms with E-state index in [4.69, 9.17) is 5.11 Å². The Kier molecular flexibility index (Phi) is 4.82. The van der Waals surface area contributed by atoms with Crippen molar-refractivity contribution in [1.29, 1.82) is 0 Å².